The number of carbonyl (C=O) groups is 4. The van der Waals surface area contributed by atoms with Gasteiger partial charge in [-0.05, 0) is 73.5 Å². The summed E-state index contributed by atoms with van der Waals surface area (Å²) in [5, 5.41) is 13.7. The van der Waals surface area contributed by atoms with E-state index in [9.17, 15) is 19.2 Å². The molecule has 0 radical (unpaired) electrons. The molecule has 296 valence electrons. The molecule has 13 nitrogen and oxygen atoms in total. The highest BCUT2D eigenvalue weighted by Crippen LogP contribution is 2.41. The molecule has 2 unspecified atom stereocenters. The number of amides is 3. The van der Waals surface area contributed by atoms with Crippen molar-refractivity contribution in [1.29, 1.82) is 0 Å². The number of carbonyl (C=O) groups excluding carboxylic acids is 4. The number of fused-ring (bicyclic) bond motifs is 1. The highest BCUT2D eigenvalue weighted by Gasteiger charge is 2.33. The van der Waals surface area contributed by atoms with Gasteiger partial charge in [-0.2, -0.15) is 5.10 Å². The molecule has 0 aliphatic carbocycles. The second kappa shape index (κ2) is 18.1. The van der Waals surface area contributed by atoms with Gasteiger partial charge in [0.2, 0.25) is 12.3 Å². The molecule has 3 amide bonds. The SMILES string of the molecule is CCn1c(-c2cnn(C)c2CNC)c(CC(C)(C)COC=O)c2cc(-c3cccc(CC(NC(=O)C(C(C)C)N(C)C=O)C(=O)N4CCCCN4)c3)ccc21. The lowest BCUT2D eigenvalue weighted by atomic mass is 9.84. The molecule has 5 rings (SSSR count). The van der Waals surface area contributed by atoms with Crippen LogP contribution in [0.15, 0.2) is 48.7 Å². The molecule has 4 aromatic rings. The molecular weight excluding hydrogens is 697 g/mol. The Kier molecular flexibility index (Phi) is 13.5. The van der Waals surface area contributed by atoms with Crippen LogP contribution in [0.4, 0.5) is 0 Å². The predicted octanol–water partition coefficient (Wildman–Crippen LogP) is 4.46. The Morgan fingerprint density at radius 1 is 1.11 bits per heavy atom. The molecule has 3 heterocycles. The molecule has 1 aliphatic heterocycles. The number of aryl methyl sites for hydroxylation is 2. The van der Waals surface area contributed by atoms with Crippen molar-refractivity contribution in [2.45, 2.75) is 85.5 Å². The summed E-state index contributed by atoms with van der Waals surface area (Å²) in [4.78, 5) is 51.9. The number of hydrazine groups is 1. The van der Waals surface area contributed by atoms with E-state index >= 15 is 0 Å². The van der Waals surface area contributed by atoms with Crippen LogP contribution in [0.1, 0.15) is 64.3 Å². The smallest absolute Gasteiger partial charge is 0.293 e. The lowest BCUT2D eigenvalue weighted by molar-refractivity contribution is -0.142. The highest BCUT2D eigenvalue weighted by molar-refractivity contribution is 5.95. The van der Waals surface area contributed by atoms with Crippen LogP contribution in [-0.2, 0) is 56.9 Å². The van der Waals surface area contributed by atoms with E-state index in [2.05, 4.69) is 76.8 Å². The maximum Gasteiger partial charge on any atom is 0.293 e. The first kappa shape index (κ1) is 41.2. The van der Waals surface area contributed by atoms with Crippen LogP contribution in [0.2, 0.25) is 0 Å². The largest absolute Gasteiger partial charge is 0.467 e. The van der Waals surface area contributed by atoms with Crippen LogP contribution >= 0.6 is 0 Å². The van der Waals surface area contributed by atoms with E-state index in [0.717, 1.165) is 69.5 Å². The van der Waals surface area contributed by atoms with Gasteiger partial charge in [-0.25, -0.2) is 5.43 Å². The third-order valence-electron chi connectivity index (χ3n) is 10.5. The minimum Gasteiger partial charge on any atom is -0.467 e. The van der Waals surface area contributed by atoms with Gasteiger partial charge < -0.3 is 24.8 Å². The molecule has 2 atom stereocenters. The zero-order valence-electron chi connectivity index (χ0n) is 33.6. The van der Waals surface area contributed by atoms with Gasteiger partial charge in [0.25, 0.3) is 12.4 Å². The second-order valence-corrected chi connectivity index (χ2v) is 15.7. The van der Waals surface area contributed by atoms with Crippen LogP contribution in [-0.4, -0.2) is 94.8 Å². The summed E-state index contributed by atoms with van der Waals surface area (Å²) in [7, 11) is 5.47. The van der Waals surface area contributed by atoms with Gasteiger partial charge in [-0.15, -0.1) is 0 Å². The Balaban J connectivity index is 1.57. The molecule has 0 spiro atoms. The van der Waals surface area contributed by atoms with Gasteiger partial charge in [0.1, 0.15) is 12.1 Å². The van der Waals surface area contributed by atoms with Crippen molar-refractivity contribution >= 4 is 35.6 Å². The summed E-state index contributed by atoms with van der Waals surface area (Å²) < 4.78 is 9.56. The van der Waals surface area contributed by atoms with E-state index in [1.807, 2.05) is 51.0 Å². The summed E-state index contributed by atoms with van der Waals surface area (Å²) >= 11 is 0. The van der Waals surface area contributed by atoms with Gasteiger partial charge in [0.15, 0.2) is 0 Å². The Morgan fingerprint density at radius 3 is 2.53 bits per heavy atom. The van der Waals surface area contributed by atoms with Crippen LogP contribution < -0.4 is 16.1 Å². The molecule has 2 aromatic heterocycles. The van der Waals surface area contributed by atoms with Gasteiger partial charge in [0, 0.05) is 68.6 Å². The van der Waals surface area contributed by atoms with E-state index < -0.39 is 12.1 Å². The maximum absolute atomic E-state index is 14.0. The summed E-state index contributed by atoms with van der Waals surface area (Å²) in [6.45, 7) is 13.6. The number of benzene rings is 2. The fourth-order valence-corrected chi connectivity index (χ4v) is 7.90. The molecule has 3 N–H and O–H groups in total. The number of nitrogens with zero attached hydrogens (tertiary/aromatic N) is 5. The Bertz CT molecular complexity index is 1980. The molecule has 1 aliphatic rings. The van der Waals surface area contributed by atoms with Crippen LogP contribution in [0, 0.1) is 11.3 Å². The number of hydrogen-bond donors (Lipinski definition) is 3. The number of rotatable bonds is 18. The number of ether oxygens (including phenoxy) is 1. The number of hydrogen-bond acceptors (Lipinski definition) is 8. The van der Waals surface area contributed by atoms with Gasteiger partial charge in [-0.3, -0.25) is 28.9 Å². The summed E-state index contributed by atoms with van der Waals surface area (Å²) in [5.41, 5.74) is 11.2. The molecule has 2 aromatic carbocycles. The van der Waals surface area contributed by atoms with Crippen molar-refractivity contribution in [3.8, 4) is 22.4 Å². The molecule has 1 fully saturated rings. The van der Waals surface area contributed by atoms with Crippen LogP contribution in [0.25, 0.3) is 33.3 Å². The first-order chi connectivity index (χ1) is 26.3. The van der Waals surface area contributed by atoms with Crippen LogP contribution in [0.3, 0.4) is 0 Å². The summed E-state index contributed by atoms with van der Waals surface area (Å²) in [6.07, 6.45) is 5.36. The minimum absolute atomic E-state index is 0.151. The van der Waals surface area contributed by atoms with E-state index in [1.165, 1.54) is 4.90 Å². The lowest BCUT2D eigenvalue weighted by Gasteiger charge is -2.33. The van der Waals surface area contributed by atoms with Crippen molar-refractivity contribution < 1.29 is 23.9 Å². The quantitative estimate of drug-likeness (QED) is 0.127. The summed E-state index contributed by atoms with van der Waals surface area (Å²) in [5.74, 6) is -0.719. The first-order valence-electron chi connectivity index (χ1n) is 19.3. The Morgan fingerprint density at radius 2 is 1.87 bits per heavy atom. The fraction of sp³-hybridized carbons (Fsp3) is 0.500. The van der Waals surface area contributed by atoms with Crippen molar-refractivity contribution in [3.63, 3.8) is 0 Å². The summed E-state index contributed by atoms with van der Waals surface area (Å²) in [6, 6.07) is 13.1. The van der Waals surface area contributed by atoms with E-state index in [-0.39, 0.29) is 36.2 Å². The predicted molar refractivity (Wildman–Crippen MR) is 215 cm³/mol. The number of likely N-dealkylation sites (N-methyl/N-ethyl adjacent to an activating group) is 1. The number of nitrogens with one attached hydrogen (secondary N) is 3. The monoisotopic (exact) mass is 754 g/mol. The highest BCUT2D eigenvalue weighted by atomic mass is 16.5. The average Bonchev–Trinajstić information content (AvgIpc) is 3.68. The topological polar surface area (TPSA) is 143 Å². The normalized spacial score (nSPS) is 14.5. The zero-order chi connectivity index (χ0) is 39.9. The van der Waals surface area contributed by atoms with Crippen molar-refractivity contribution in [2.75, 3.05) is 33.8 Å². The third kappa shape index (κ3) is 9.28. The van der Waals surface area contributed by atoms with E-state index in [0.29, 0.717) is 38.9 Å². The van der Waals surface area contributed by atoms with E-state index in [4.69, 9.17) is 4.74 Å². The molecule has 55 heavy (non-hydrogen) atoms. The van der Waals surface area contributed by atoms with Crippen molar-refractivity contribution in [2.24, 2.45) is 18.4 Å². The van der Waals surface area contributed by atoms with Gasteiger partial charge in [0.05, 0.1) is 24.2 Å². The molecule has 0 saturated carbocycles. The maximum atomic E-state index is 14.0. The fourth-order valence-electron chi connectivity index (χ4n) is 7.90. The first-order valence-corrected chi connectivity index (χ1v) is 19.3. The van der Waals surface area contributed by atoms with Crippen molar-refractivity contribution in [1.82, 2.24) is 40.3 Å². The molecule has 13 heteroatoms. The Labute approximate surface area is 324 Å². The molecular formula is C42H58N8O5. The zero-order valence-corrected chi connectivity index (χ0v) is 33.6. The molecule has 1 saturated heterocycles. The van der Waals surface area contributed by atoms with Crippen molar-refractivity contribution in [3.05, 3.63) is 65.5 Å². The van der Waals surface area contributed by atoms with Crippen LogP contribution in [0.5, 0.6) is 0 Å². The van der Waals surface area contributed by atoms with Gasteiger partial charge in [-0.1, -0.05) is 58.0 Å². The van der Waals surface area contributed by atoms with E-state index in [1.54, 1.807) is 12.1 Å². The second-order valence-electron chi connectivity index (χ2n) is 15.7. The van der Waals surface area contributed by atoms with Gasteiger partial charge >= 0.3 is 0 Å². The third-order valence-corrected chi connectivity index (χ3v) is 10.5. The average molecular weight is 755 g/mol. The standard InChI is InChI=1S/C42H58N8O5/c1-9-49-36-16-15-31(21-32(36)33(22-42(4,5)25-55-27-52)39(49)34-23-45-48(8)37(34)24-43-6)30-14-12-13-29(19-30)20-35(41(54)50-18-11-10-17-44-50)46-40(53)38(28(2)3)47(7)26-51/h12-16,19,21,23,26-28,35,38,43-44H,9-11,17-18,20,22,24-25H2,1-8H3,(H,46,53). The molecule has 0 bridgehead atoms. The number of aromatic nitrogens is 3. The lowest BCUT2D eigenvalue weighted by Crippen LogP contribution is -2.58. The Hall–Kier alpha value is -5.01. The minimum atomic E-state index is -0.841.